The van der Waals surface area contributed by atoms with Gasteiger partial charge in [0, 0.05) is 6.20 Å². The summed E-state index contributed by atoms with van der Waals surface area (Å²) in [6.45, 7) is 0. The lowest BCUT2D eigenvalue weighted by Gasteiger charge is -2.06. The molecule has 0 spiro atoms. The van der Waals surface area contributed by atoms with Crippen molar-refractivity contribution in [3.63, 3.8) is 0 Å². The second-order valence-electron chi connectivity index (χ2n) is 1.90. The van der Waals surface area contributed by atoms with Gasteiger partial charge in [-0.1, -0.05) is 11.6 Å². The highest BCUT2D eigenvalue weighted by atomic mass is 79.9. The Morgan fingerprint density at radius 1 is 1.58 bits per heavy atom. The predicted molar refractivity (Wildman–Crippen MR) is 44.9 cm³/mol. The van der Waals surface area contributed by atoms with E-state index in [4.69, 9.17) is 11.6 Å². The molecule has 0 saturated carbocycles. The van der Waals surface area contributed by atoms with Gasteiger partial charge in [-0.15, -0.1) is 0 Å². The molecule has 66 valence electrons. The summed E-state index contributed by atoms with van der Waals surface area (Å²) in [6.07, 6.45) is 0.912. The van der Waals surface area contributed by atoms with Crippen molar-refractivity contribution in [3.05, 3.63) is 21.9 Å². The summed E-state index contributed by atoms with van der Waals surface area (Å²) in [7, 11) is -4.44. The molecular weight excluding hydrogens is 269 g/mol. The maximum absolute atomic E-state index is 10.4. The zero-order valence-electron chi connectivity index (χ0n) is 5.49. The molecule has 0 aliphatic rings. The first-order valence-corrected chi connectivity index (χ1v) is 5.26. The van der Waals surface area contributed by atoms with Crippen molar-refractivity contribution in [2.45, 2.75) is 4.90 Å². The molecule has 4 nitrogen and oxygen atoms in total. The van der Waals surface area contributed by atoms with Gasteiger partial charge in [-0.05, 0) is 22.0 Å². The van der Waals surface area contributed by atoms with E-state index in [1.807, 2.05) is 0 Å². The molecule has 1 aromatic heterocycles. The first-order valence-electron chi connectivity index (χ1n) is 2.68. The fraction of sp³-hybridized carbons (Fsp3) is 0. The van der Waals surface area contributed by atoms with Crippen LogP contribution in [0.1, 0.15) is 0 Å². The predicted octanol–water partition coefficient (Wildman–Crippen LogP) is 1.40. The second-order valence-corrected chi connectivity index (χ2v) is 4.49. The van der Waals surface area contributed by atoms with Crippen molar-refractivity contribution in [2.75, 3.05) is 0 Å². The molecule has 1 heterocycles. The summed E-state index contributed by atoms with van der Waals surface area (Å²) in [6, 6.07) is 1.11. The molecule has 0 radical (unpaired) electrons. The Bertz CT molecular complexity index is 405. The third kappa shape index (κ3) is 2.16. The zero-order valence-corrected chi connectivity index (χ0v) is 8.65. The minimum absolute atomic E-state index is 0.113. The molecule has 0 aliphatic heterocycles. The third-order valence-corrected chi connectivity index (χ3v) is 2.99. The summed E-state index contributed by atoms with van der Waals surface area (Å²) in [5.74, 6) is 0. The van der Waals surface area contributed by atoms with E-state index in [-0.39, 0.29) is 9.63 Å². The second kappa shape index (κ2) is 3.29. The van der Waals surface area contributed by atoms with Crippen molar-refractivity contribution >= 4 is 37.6 Å². The Labute approximate surface area is 82.5 Å². The van der Waals surface area contributed by atoms with Crippen molar-refractivity contribution in [2.24, 2.45) is 0 Å². The standard InChI is InChI=1S/C5H3BrClNO3S/c6-4-1-3(12(9,10)11)2-8-5(4)7/h1-2H,(H,9,10,11)/p-1. The van der Waals surface area contributed by atoms with Crippen LogP contribution in [0, 0.1) is 0 Å². The lowest BCUT2D eigenvalue weighted by Crippen LogP contribution is -1.99. The summed E-state index contributed by atoms with van der Waals surface area (Å²) in [4.78, 5) is 3.08. The van der Waals surface area contributed by atoms with Gasteiger partial charge in [0.15, 0.2) is 0 Å². The van der Waals surface area contributed by atoms with Crippen LogP contribution < -0.4 is 0 Å². The number of nitrogens with zero attached hydrogens (tertiary/aromatic N) is 1. The van der Waals surface area contributed by atoms with Gasteiger partial charge in [0.2, 0.25) is 0 Å². The zero-order chi connectivity index (χ0) is 9.35. The maximum Gasteiger partial charge on any atom is 0.143 e. The monoisotopic (exact) mass is 270 g/mol. The topological polar surface area (TPSA) is 70.1 Å². The summed E-state index contributed by atoms with van der Waals surface area (Å²) in [5, 5.41) is 0.113. The highest BCUT2D eigenvalue weighted by Gasteiger charge is 2.04. The molecule has 7 heteroatoms. The SMILES string of the molecule is O=S(=O)([O-])c1cnc(Cl)c(Br)c1. The third-order valence-electron chi connectivity index (χ3n) is 1.06. The summed E-state index contributed by atoms with van der Waals surface area (Å²) < 4.78 is 31.6. The molecule has 0 amide bonds. The Morgan fingerprint density at radius 2 is 2.17 bits per heavy atom. The van der Waals surface area contributed by atoms with Gasteiger partial charge in [-0.2, -0.15) is 0 Å². The normalized spacial score (nSPS) is 11.6. The fourth-order valence-corrected chi connectivity index (χ4v) is 1.59. The van der Waals surface area contributed by atoms with E-state index >= 15 is 0 Å². The highest BCUT2D eigenvalue weighted by Crippen LogP contribution is 2.22. The quantitative estimate of drug-likeness (QED) is 0.572. The van der Waals surface area contributed by atoms with E-state index in [0.717, 1.165) is 12.3 Å². The number of hydrogen-bond acceptors (Lipinski definition) is 4. The van der Waals surface area contributed by atoms with E-state index in [1.54, 1.807) is 0 Å². The molecule has 0 atom stereocenters. The Kier molecular flexibility index (Phi) is 2.72. The van der Waals surface area contributed by atoms with Crippen LogP contribution in [-0.2, 0) is 10.1 Å². The average molecular weight is 271 g/mol. The molecule has 1 aromatic rings. The molecule has 1 rings (SSSR count). The minimum Gasteiger partial charge on any atom is -0.744 e. The van der Waals surface area contributed by atoms with Crippen LogP contribution in [-0.4, -0.2) is 18.0 Å². The fourth-order valence-electron chi connectivity index (χ4n) is 0.540. The van der Waals surface area contributed by atoms with Crippen molar-refractivity contribution in [1.82, 2.24) is 4.98 Å². The van der Waals surface area contributed by atoms with Crippen LogP contribution in [0.4, 0.5) is 0 Å². The van der Waals surface area contributed by atoms with E-state index in [2.05, 4.69) is 20.9 Å². The van der Waals surface area contributed by atoms with Gasteiger partial charge < -0.3 is 4.55 Å². The average Bonchev–Trinajstić information content (AvgIpc) is 1.92. The molecule has 0 aromatic carbocycles. The van der Waals surface area contributed by atoms with E-state index in [0.29, 0.717) is 0 Å². The molecule has 12 heavy (non-hydrogen) atoms. The van der Waals surface area contributed by atoms with Gasteiger partial charge in [0.1, 0.15) is 15.3 Å². The summed E-state index contributed by atoms with van der Waals surface area (Å²) in [5.41, 5.74) is 0. The number of halogens is 2. The largest absolute Gasteiger partial charge is 0.744 e. The highest BCUT2D eigenvalue weighted by molar-refractivity contribution is 9.10. The Balaban J connectivity index is 3.33. The molecule has 0 bridgehead atoms. The van der Waals surface area contributed by atoms with Crippen LogP contribution in [0.5, 0.6) is 0 Å². The Hall–Kier alpha value is -0.170. The van der Waals surface area contributed by atoms with Gasteiger partial charge >= 0.3 is 0 Å². The Morgan fingerprint density at radius 3 is 2.58 bits per heavy atom. The number of aromatic nitrogens is 1. The van der Waals surface area contributed by atoms with Crippen LogP contribution >= 0.6 is 27.5 Å². The van der Waals surface area contributed by atoms with Gasteiger partial charge in [0.25, 0.3) is 0 Å². The number of hydrogen-bond donors (Lipinski definition) is 0. The first kappa shape index (κ1) is 9.91. The minimum atomic E-state index is -4.44. The van der Waals surface area contributed by atoms with E-state index < -0.39 is 15.0 Å². The smallest absolute Gasteiger partial charge is 0.143 e. The maximum atomic E-state index is 10.4. The lowest BCUT2D eigenvalue weighted by atomic mass is 10.5. The first-order chi connectivity index (χ1) is 5.41. The van der Waals surface area contributed by atoms with Crippen molar-refractivity contribution in [3.8, 4) is 0 Å². The van der Waals surface area contributed by atoms with Crippen LogP contribution in [0.2, 0.25) is 5.15 Å². The molecule has 0 aliphatic carbocycles. The number of pyridine rings is 1. The molecule has 0 unspecified atom stereocenters. The molecule has 0 N–H and O–H groups in total. The molecule has 0 saturated heterocycles. The molecule has 0 fully saturated rings. The van der Waals surface area contributed by atoms with Crippen LogP contribution in [0.15, 0.2) is 21.6 Å². The van der Waals surface area contributed by atoms with Gasteiger partial charge in [0.05, 0.1) is 9.37 Å². The van der Waals surface area contributed by atoms with Crippen LogP contribution in [0.3, 0.4) is 0 Å². The number of rotatable bonds is 1. The van der Waals surface area contributed by atoms with E-state index in [1.165, 1.54) is 0 Å². The van der Waals surface area contributed by atoms with Gasteiger partial charge in [-0.25, -0.2) is 13.4 Å². The van der Waals surface area contributed by atoms with Gasteiger partial charge in [-0.3, -0.25) is 0 Å². The lowest BCUT2D eigenvalue weighted by molar-refractivity contribution is 0.462. The van der Waals surface area contributed by atoms with Crippen molar-refractivity contribution < 1.29 is 13.0 Å². The molecular formula is C5H2BrClNO3S-. The summed E-state index contributed by atoms with van der Waals surface area (Å²) >= 11 is 8.42. The van der Waals surface area contributed by atoms with E-state index in [9.17, 15) is 13.0 Å². The van der Waals surface area contributed by atoms with Crippen molar-refractivity contribution in [1.29, 1.82) is 0 Å². The van der Waals surface area contributed by atoms with Crippen LogP contribution in [0.25, 0.3) is 0 Å².